The Morgan fingerprint density at radius 1 is 1.45 bits per heavy atom. The zero-order chi connectivity index (χ0) is 7.84. The summed E-state index contributed by atoms with van der Waals surface area (Å²) >= 11 is 0. The van der Waals surface area contributed by atoms with Gasteiger partial charge >= 0.3 is 0 Å². The highest BCUT2D eigenvalue weighted by Crippen LogP contribution is 2.33. The molecule has 0 radical (unpaired) electrons. The lowest BCUT2D eigenvalue weighted by Crippen LogP contribution is -2.28. The Bertz CT molecular complexity index is 181. The molecule has 11 heavy (non-hydrogen) atoms. The van der Waals surface area contributed by atoms with Crippen LogP contribution in [-0.2, 0) is 4.79 Å². The highest BCUT2D eigenvalue weighted by Gasteiger charge is 2.38. The number of nitrogens with one attached hydrogen (secondary N) is 1. The van der Waals surface area contributed by atoms with Gasteiger partial charge in [-0.2, -0.15) is 0 Å². The van der Waals surface area contributed by atoms with Gasteiger partial charge in [-0.3, -0.25) is 4.79 Å². The number of aliphatic hydroxyl groups is 1. The molecule has 0 unspecified atom stereocenters. The molecule has 1 aliphatic heterocycles. The van der Waals surface area contributed by atoms with Gasteiger partial charge in [0.1, 0.15) is 0 Å². The van der Waals surface area contributed by atoms with Crippen LogP contribution in [-0.4, -0.2) is 23.7 Å². The van der Waals surface area contributed by atoms with Gasteiger partial charge in [-0.15, -0.1) is 0 Å². The normalized spacial score (nSPS) is 43.4. The summed E-state index contributed by atoms with van der Waals surface area (Å²) < 4.78 is 0. The number of amides is 1. The van der Waals surface area contributed by atoms with Crippen molar-refractivity contribution in [2.45, 2.75) is 25.4 Å². The first kappa shape index (κ1) is 7.10. The Labute approximate surface area is 65.8 Å². The Morgan fingerprint density at radius 2 is 2.27 bits per heavy atom. The quantitative estimate of drug-likeness (QED) is 0.513. The number of carbonyl (C=O) groups excluding carboxylic acids is 1. The lowest BCUT2D eigenvalue weighted by atomic mass is 9.80. The van der Waals surface area contributed by atoms with Crippen molar-refractivity contribution < 1.29 is 9.90 Å². The number of fused-ring (bicyclic) bond motifs is 1. The highest BCUT2D eigenvalue weighted by molar-refractivity contribution is 5.81. The van der Waals surface area contributed by atoms with Gasteiger partial charge in [-0.25, -0.2) is 0 Å². The van der Waals surface area contributed by atoms with Crippen molar-refractivity contribution in [3.63, 3.8) is 0 Å². The van der Waals surface area contributed by atoms with E-state index in [-0.39, 0.29) is 17.9 Å². The summed E-state index contributed by atoms with van der Waals surface area (Å²) in [7, 11) is 0. The van der Waals surface area contributed by atoms with E-state index < -0.39 is 0 Å². The Morgan fingerprint density at radius 3 is 3.09 bits per heavy atom. The summed E-state index contributed by atoms with van der Waals surface area (Å²) in [4.78, 5) is 11.1. The van der Waals surface area contributed by atoms with Crippen molar-refractivity contribution in [2.75, 3.05) is 6.54 Å². The molecule has 1 saturated carbocycles. The van der Waals surface area contributed by atoms with Crippen molar-refractivity contribution in [2.24, 2.45) is 11.8 Å². The third-order valence-electron chi connectivity index (χ3n) is 2.83. The van der Waals surface area contributed by atoms with Gasteiger partial charge in [0, 0.05) is 12.5 Å². The van der Waals surface area contributed by atoms with Gasteiger partial charge in [0.05, 0.1) is 6.10 Å². The number of rotatable bonds is 0. The smallest absolute Gasteiger partial charge is 0.223 e. The third kappa shape index (κ3) is 1.13. The maximum absolute atomic E-state index is 11.1. The highest BCUT2D eigenvalue weighted by atomic mass is 16.3. The molecule has 62 valence electrons. The molecule has 0 aromatic heterocycles. The van der Waals surface area contributed by atoms with Gasteiger partial charge in [0.2, 0.25) is 5.91 Å². The van der Waals surface area contributed by atoms with Crippen LogP contribution in [0.3, 0.4) is 0 Å². The molecule has 1 saturated heterocycles. The van der Waals surface area contributed by atoms with Crippen molar-refractivity contribution in [1.29, 1.82) is 0 Å². The maximum Gasteiger partial charge on any atom is 0.223 e. The number of hydrogen-bond donors (Lipinski definition) is 2. The molecule has 2 rings (SSSR count). The van der Waals surface area contributed by atoms with Gasteiger partial charge in [-0.1, -0.05) is 0 Å². The fourth-order valence-corrected chi connectivity index (χ4v) is 2.17. The van der Waals surface area contributed by atoms with Gasteiger partial charge in [0.25, 0.3) is 0 Å². The summed E-state index contributed by atoms with van der Waals surface area (Å²) in [6.07, 6.45) is 2.32. The zero-order valence-electron chi connectivity index (χ0n) is 6.42. The Kier molecular flexibility index (Phi) is 1.60. The predicted molar refractivity (Wildman–Crippen MR) is 39.8 cm³/mol. The molecule has 0 bridgehead atoms. The lowest BCUT2D eigenvalue weighted by molar-refractivity contribution is -0.124. The zero-order valence-corrected chi connectivity index (χ0v) is 6.42. The van der Waals surface area contributed by atoms with Crippen LogP contribution >= 0.6 is 0 Å². The third-order valence-corrected chi connectivity index (χ3v) is 2.83. The lowest BCUT2D eigenvalue weighted by Gasteiger charge is -2.26. The Balaban J connectivity index is 2.06. The molecule has 0 aromatic carbocycles. The van der Waals surface area contributed by atoms with E-state index in [1.54, 1.807) is 0 Å². The average Bonchev–Trinajstić information content (AvgIpc) is 2.32. The van der Waals surface area contributed by atoms with Crippen molar-refractivity contribution in [3.05, 3.63) is 0 Å². The van der Waals surface area contributed by atoms with E-state index in [4.69, 9.17) is 0 Å². The molecule has 1 heterocycles. The SMILES string of the molecule is O=C1NC[C@@H]2C[C@H](O)CC[C@H]12. The fourth-order valence-electron chi connectivity index (χ4n) is 2.17. The average molecular weight is 155 g/mol. The van der Waals surface area contributed by atoms with E-state index in [2.05, 4.69) is 5.32 Å². The second-order valence-electron chi connectivity index (χ2n) is 3.58. The van der Waals surface area contributed by atoms with E-state index in [9.17, 15) is 9.90 Å². The summed E-state index contributed by atoms with van der Waals surface area (Å²) in [5, 5.41) is 12.1. The van der Waals surface area contributed by atoms with Crippen LogP contribution in [0.15, 0.2) is 0 Å². The van der Waals surface area contributed by atoms with Crippen LogP contribution < -0.4 is 5.32 Å². The molecule has 1 amide bonds. The molecular formula is C8H13NO2. The second kappa shape index (κ2) is 2.48. The molecule has 3 nitrogen and oxygen atoms in total. The van der Waals surface area contributed by atoms with E-state index in [0.717, 1.165) is 25.8 Å². The van der Waals surface area contributed by atoms with E-state index in [1.165, 1.54) is 0 Å². The first-order chi connectivity index (χ1) is 5.27. The maximum atomic E-state index is 11.1. The summed E-state index contributed by atoms with van der Waals surface area (Å²) in [5.41, 5.74) is 0. The fraction of sp³-hybridized carbons (Fsp3) is 0.875. The molecule has 2 N–H and O–H groups in total. The largest absolute Gasteiger partial charge is 0.393 e. The predicted octanol–water partition coefficient (Wildman–Crippen LogP) is -0.107. The molecule has 1 aliphatic carbocycles. The van der Waals surface area contributed by atoms with Crippen LogP contribution in [0.4, 0.5) is 0 Å². The van der Waals surface area contributed by atoms with Gasteiger partial charge < -0.3 is 10.4 Å². The van der Waals surface area contributed by atoms with Crippen LogP contribution in [0, 0.1) is 11.8 Å². The van der Waals surface area contributed by atoms with E-state index in [0.29, 0.717) is 5.92 Å². The van der Waals surface area contributed by atoms with Gasteiger partial charge in [-0.05, 0) is 25.2 Å². The van der Waals surface area contributed by atoms with Crippen molar-refractivity contribution in [1.82, 2.24) is 5.32 Å². The molecular weight excluding hydrogens is 142 g/mol. The molecule has 3 atom stereocenters. The topological polar surface area (TPSA) is 49.3 Å². The van der Waals surface area contributed by atoms with E-state index >= 15 is 0 Å². The minimum atomic E-state index is -0.163. The number of carbonyl (C=O) groups is 1. The molecule has 2 aliphatic rings. The summed E-state index contributed by atoms with van der Waals surface area (Å²) in [6, 6.07) is 0. The Hall–Kier alpha value is -0.570. The van der Waals surface area contributed by atoms with Crippen LogP contribution in [0.5, 0.6) is 0 Å². The molecule has 0 spiro atoms. The minimum Gasteiger partial charge on any atom is -0.393 e. The number of aliphatic hydroxyl groups excluding tert-OH is 1. The van der Waals surface area contributed by atoms with Crippen molar-refractivity contribution >= 4 is 5.91 Å². The van der Waals surface area contributed by atoms with Gasteiger partial charge in [0.15, 0.2) is 0 Å². The molecule has 2 fully saturated rings. The van der Waals surface area contributed by atoms with E-state index in [1.807, 2.05) is 0 Å². The first-order valence-corrected chi connectivity index (χ1v) is 4.23. The molecule has 0 aromatic rings. The standard InChI is InChI=1S/C8H13NO2/c10-6-1-2-7-5(3-6)4-9-8(7)11/h5-7,10H,1-4H2,(H,9,11)/t5-,6+,7-/m0/s1. The second-order valence-corrected chi connectivity index (χ2v) is 3.58. The molecule has 3 heteroatoms. The summed E-state index contributed by atoms with van der Waals surface area (Å²) in [5.74, 6) is 0.812. The van der Waals surface area contributed by atoms with Crippen LogP contribution in [0.1, 0.15) is 19.3 Å². The summed E-state index contributed by atoms with van der Waals surface area (Å²) in [6.45, 7) is 0.778. The monoisotopic (exact) mass is 155 g/mol. The van der Waals surface area contributed by atoms with Crippen LogP contribution in [0.25, 0.3) is 0 Å². The van der Waals surface area contributed by atoms with Crippen molar-refractivity contribution in [3.8, 4) is 0 Å². The first-order valence-electron chi connectivity index (χ1n) is 4.23. The van der Waals surface area contributed by atoms with Crippen LogP contribution in [0.2, 0.25) is 0 Å². The minimum absolute atomic E-state index is 0.163. The number of hydrogen-bond acceptors (Lipinski definition) is 2.